The van der Waals surface area contributed by atoms with Crippen LogP contribution in [0.1, 0.15) is 61.5 Å². The zero-order valence-corrected chi connectivity index (χ0v) is 13.3. The van der Waals surface area contributed by atoms with Gasteiger partial charge in [-0.15, -0.1) is 0 Å². The molecule has 1 saturated heterocycles. The third-order valence-corrected chi connectivity index (χ3v) is 4.22. The molecule has 1 fully saturated rings. The Morgan fingerprint density at radius 2 is 1.80 bits per heavy atom. The van der Waals surface area contributed by atoms with Crippen LogP contribution in [0.15, 0.2) is 18.2 Å². The second kappa shape index (κ2) is 6.09. The minimum absolute atomic E-state index is 0.0911. The normalized spacial score (nSPS) is 17.2. The van der Waals surface area contributed by atoms with Gasteiger partial charge in [-0.25, -0.2) is 0 Å². The molecule has 1 aliphatic rings. The van der Waals surface area contributed by atoms with Crippen LogP contribution in [0.2, 0.25) is 0 Å². The van der Waals surface area contributed by atoms with Crippen molar-refractivity contribution in [3.05, 3.63) is 34.9 Å². The average molecular weight is 273 g/mol. The molecule has 0 bridgehead atoms. The molecule has 2 heteroatoms. The Bertz CT molecular complexity index is 479. The number of rotatable bonds is 3. The molecule has 0 atom stereocenters. The molecule has 1 heterocycles. The third-order valence-electron chi connectivity index (χ3n) is 4.22. The number of nitrogens with zero attached hydrogens (tertiary/aromatic N) is 1. The van der Waals surface area contributed by atoms with Crippen LogP contribution in [-0.4, -0.2) is 30.3 Å². The number of Topliss-reactive ketones (excluding diaryl/α,β-unsaturated/α-hetero) is 1. The Morgan fingerprint density at radius 3 is 2.40 bits per heavy atom. The van der Waals surface area contributed by atoms with E-state index in [1.165, 1.54) is 24.8 Å². The maximum absolute atomic E-state index is 12.6. The summed E-state index contributed by atoms with van der Waals surface area (Å²) in [7, 11) is 0. The van der Waals surface area contributed by atoms with E-state index >= 15 is 0 Å². The largest absolute Gasteiger partial charge is 0.296 e. The molecule has 110 valence electrons. The predicted octanol–water partition coefficient (Wildman–Crippen LogP) is 3.96. The SMILES string of the molecule is Cc1ccc(C(C)(C)C)cc1C(=O)CN1CCCCC1. The summed E-state index contributed by atoms with van der Waals surface area (Å²) in [6.07, 6.45) is 3.77. The number of ketones is 1. The molecule has 20 heavy (non-hydrogen) atoms. The summed E-state index contributed by atoms with van der Waals surface area (Å²) in [5.74, 6) is 0.274. The number of benzene rings is 1. The lowest BCUT2D eigenvalue weighted by molar-refractivity contribution is 0.0915. The van der Waals surface area contributed by atoms with Crippen LogP contribution in [0.3, 0.4) is 0 Å². The second-order valence-corrected chi connectivity index (χ2v) is 7.04. The van der Waals surface area contributed by atoms with Gasteiger partial charge in [-0.1, -0.05) is 39.3 Å². The summed E-state index contributed by atoms with van der Waals surface area (Å²) in [4.78, 5) is 14.9. The molecule has 0 spiro atoms. The van der Waals surface area contributed by atoms with E-state index in [-0.39, 0.29) is 11.2 Å². The Hall–Kier alpha value is -1.15. The lowest BCUT2D eigenvalue weighted by Crippen LogP contribution is -2.34. The first-order chi connectivity index (χ1) is 9.38. The van der Waals surface area contributed by atoms with E-state index in [1.807, 2.05) is 6.92 Å². The van der Waals surface area contributed by atoms with Gasteiger partial charge in [0.1, 0.15) is 0 Å². The molecule has 2 nitrogen and oxygen atoms in total. The molecule has 0 radical (unpaired) electrons. The number of hydrogen-bond acceptors (Lipinski definition) is 2. The highest BCUT2D eigenvalue weighted by molar-refractivity contribution is 5.99. The van der Waals surface area contributed by atoms with Gasteiger partial charge in [0.05, 0.1) is 6.54 Å². The van der Waals surface area contributed by atoms with E-state index in [9.17, 15) is 4.79 Å². The van der Waals surface area contributed by atoms with Crippen LogP contribution in [0.4, 0.5) is 0 Å². The van der Waals surface area contributed by atoms with Gasteiger partial charge < -0.3 is 0 Å². The first-order valence-corrected chi connectivity index (χ1v) is 7.74. The van der Waals surface area contributed by atoms with E-state index in [2.05, 4.69) is 43.9 Å². The van der Waals surface area contributed by atoms with Gasteiger partial charge >= 0.3 is 0 Å². The molecule has 1 aromatic rings. The van der Waals surface area contributed by atoms with Gasteiger partial charge in [0.2, 0.25) is 0 Å². The Balaban J connectivity index is 2.16. The molecule has 1 aliphatic heterocycles. The number of likely N-dealkylation sites (tertiary alicyclic amines) is 1. The molecule has 0 N–H and O–H groups in total. The molecular weight excluding hydrogens is 246 g/mol. The lowest BCUT2D eigenvalue weighted by atomic mass is 9.84. The highest BCUT2D eigenvalue weighted by atomic mass is 16.1. The van der Waals surface area contributed by atoms with Crippen molar-refractivity contribution in [2.24, 2.45) is 0 Å². The number of piperidine rings is 1. The van der Waals surface area contributed by atoms with Crippen molar-refractivity contribution < 1.29 is 4.79 Å². The number of carbonyl (C=O) groups excluding carboxylic acids is 1. The molecule has 0 unspecified atom stereocenters. The first-order valence-electron chi connectivity index (χ1n) is 7.74. The Kier molecular flexibility index (Phi) is 4.64. The van der Waals surface area contributed by atoms with Crippen molar-refractivity contribution in [1.29, 1.82) is 0 Å². The minimum atomic E-state index is 0.0911. The summed E-state index contributed by atoms with van der Waals surface area (Å²) < 4.78 is 0. The molecule has 2 rings (SSSR count). The standard InChI is InChI=1S/C18H27NO/c1-14-8-9-15(18(2,3)4)12-16(14)17(20)13-19-10-6-5-7-11-19/h8-9,12H,5-7,10-11,13H2,1-4H3. The fourth-order valence-electron chi connectivity index (χ4n) is 2.79. The molecule has 0 aromatic heterocycles. The van der Waals surface area contributed by atoms with E-state index in [1.54, 1.807) is 0 Å². The fourth-order valence-corrected chi connectivity index (χ4v) is 2.79. The molecule has 0 amide bonds. The zero-order valence-electron chi connectivity index (χ0n) is 13.3. The third kappa shape index (κ3) is 3.69. The monoisotopic (exact) mass is 273 g/mol. The van der Waals surface area contributed by atoms with Crippen LogP contribution in [0.5, 0.6) is 0 Å². The maximum Gasteiger partial charge on any atom is 0.177 e. The van der Waals surface area contributed by atoms with Gasteiger partial charge in [-0.05, 0) is 55.5 Å². The van der Waals surface area contributed by atoms with Crippen LogP contribution in [-0.2, 0) is 5.41 Å². The number of hydrogen-bond donors (Lipinski definition) is 0. The van der Waals surface area contributed by atoms with Crippen LogP contribution < -0.4 is 0 Å². The molecular formula is C18H27NO. The van der Waals surface area contributed by atoms with Crippen molar-refractivity contribution in [2.45, 2.75) is 52.4 Å². The maximum atomic E-state index is 12.6. The highest BCUT2D eigenvalue weighted by Gasteiger charge is 2.19. The van der Waals surface area contributed by atoms with Gasteiger partial charge in [0.15, 0.2) is 5.78 Å². The minimum Gasteiger partial charge on any atom is -0.296 e. The van der Waals surface area contributed by atoms with Crippen molar-refractivity contribution in [1.82, 2.24) is 4.90 Å². The topological polar surface area (TPSA) is 20.3 Å². The number of carbonyl (C=O) groups is 1. The van der Waals surface area contributed by atoms with E-state index in [4.69, 9.17) is 0 Å². The highest BCUT2D eigenvalue weighted by Crippen LogP contribution is 2.25. The zero-order chi connectivity index (χ0) is 14.8. The van der Waals surface area contributed by atoms with Gasteiger partial charge in [-0.2, -0.15) is 0 Å². The predicted molar refractivity (Wildman–Crippen MR) is 84.5 cm³/mol. The van der Waals surface area contributed by atoms with Crippen molar-refractivity contribution in [3.8, 4) is 0 Å². The lowest BCUT2D eigenvalue weighted by Gasteiger charge is -2.26. The summed E-state index contributed by atoms with van der Waals surface area (Å²) in [6.45, 7) is 11.3. The second-order valence-electron chi connectivity index (χ2n) is 7.04. The van der Waals surface area contributed by atoms with Crippen LogP contribution in [0.25, 0.3) is 0 Å². The summed E-state index contributed by atoms with van der Waals surface area (Å²) in [5, 5.41) is 0. The van der Waals surface area contributed by atoms with Gasteiger partial charge in [-0.3, -0.25) is 9.69 Å². The summed E-state index contributed by atoms with van der Waals surface area (Å²) >= 11 is 0. The van der Waals surface area contributed by atoms with Crippen LogP contribution >= 0.6 is 0 Å². The first kappa shape index (κ1) is 15.2. The number of aryl methyl sites for hydroxylation is 1. The van der Waals surface area contributed by atoms with Crippen LogP contribution in [0, 0.1) is 6.92 Å². The van der Waals surface area contributed by atoms with Crippen molar-refractivity contribution in [2.75, 3.05) is 19.6 Å². The van der Waals surface area contributed by atoms with E-state index in [0.717, 1.165) is 24.2 Å². The quantitative estimate of drug-likeness (QED) is 0.777. The molecule has 1 aromatic carbocycles. The summed E-state index contributed by atoms with van der Waals surface area (Å²) in [6, 6.07) is 6.33. The smallest absolute Gasteiger partial charge is 0.177 e. The van der Waals surface area contributed by atoms with Crippen molar-refractivity contribution in [3.63, 3.8) is 0 Å². The van der Waals surface area contributed by atoms with Crippen molar-refractivity contribution >= 4 is 5.78 Å². The Labute approximate surface area is 123 Å². The average Bonchev–Trinajstić information content (AvgIpc) is 2.39. The van der Waals surface area contributed by atoms with Gasteiger partial charge in [0.25, 0.3) is 0 Å². The van der Waals surface area contributed by atoms with E-state index < -0.39 is 0 Å². The molecule has 0 aliphatic carbocycles. The molecule has 0 saturated carbocycles. The fraction of sp³-hybridized carbons (Fsp3) is 0.611. The van der Waals surface area contributed by atoms with E-state index in [0.29, 0.717) is 6.54 Å². The van der Waals surface area contributed by atoms with Gasteiger partial charge in [0, 0.05) is 5.56 Å². The summed E-state index contributed by atoms with van der Waals surface area (Å²) in [5.41, 5.74) is 3.33. The Morgan fingerprint density at radius 1 is 1.15 bits per heavy atom.